The van der Waals surface area contributed by atoms with Crippen molar-refractivity contribution in [2.45, 2.75) is 25.4 Å². The number of imide groups is 1. The third kappa shape index (κ3) is 2.80. The van der Waals surface area contributed by atoms with Crippen LogP contribution in [0.1, 0.15) is 24.9 Å². The Kier molecular flexibility index (Phi) is 4.72. The zero-order valence-electron chi connectivity index (χ0n) is 17.2. The first-order valence-electron chi connectivity index (χ1n) is 10.4. The lowest BCUT2D eigenvalue weighted by Crippen LogP contribution is -2.44. The Hall–Kier alpha value is -2.90. The molecule has 0 aromatic heterocycles. The van der Waals surface area contributed by atoms with Gasteiger partial charge in [0.15, 0.2) is 0 Å². The summed E-state index contributed by atoms with van der Waals surface area (Å²) in [6.45, 7) is 4.14. The highest BCUT2D eigenvalue weighted by atomic mass is 16.5. The summed E-state index contributed by atoms with van der Waals surface area (Å²) in [7, 11) is 1.64. The first kappa shape index (κ1) is 19.1. The Labute approximate surface area is 175 Å². The van der Waals surface area contributed by atoms with Crippen molar-refractivity contribution in [3.05, 3.63) is 54.1 Å². The highest BCUT2D eigenvalue weighted by Crippen LogP contribution is 2.49. The Morgan fingerprint density at radius 1 is 0.867 bits per heavy atom. The fourth-order valence-corrected chi connectivity index (χ4v) is 5.03. The highest BCUT2D eigenvalue weighted by Gasteiger charge is 2.62. The minimum atomic E-state index is -0.446. The highest BCUT2D eigenvalue weighted by molar-refractivity contribution is 6.24. The van der Waals surface area contributed by atoms with E-state index in [0.29, 0.717) is 12.3 Å². The van der Waals surface area contributed by atoms with Crippen molar-refractivity contribution in [3.63, 3.8) is 0 Å². The number of amides is 2. The molecule has 30 heavy (non-hydrogen) atoms. The summed E-state index contributed by atoms with van der Waals surface area (Å²) < 4.78 is 10.8. The molecule has 3 fully saturated rings. The van der Waals surface area contributed by atoms with E-state index in [1.54, 1.807) is 31.4 Å². The number of nitrogens with zero attached hydrogens (tertiary/aromatic N) is 3. The zero-order valence-corrected chi connectivity index (χ0v) is 17.2. The molecule has 0 bridgehead atoms. The average Bonchev–Trinajstić information content (AvgIpc) is 3.41. The van der Waals surface area contributed by atoms with Gasteiger partial charge in [-0.15, -0.1) is 0 Å². The van der Waals surface area contributed by atoms with Crippen LogP contribution < -0.4 is 14.4 Å². The van der Waals surface area contributed by atoms with E-state index >= 15 is 0 Å². The van der Waals surface area contributed by atoms with Gasteiger partial charge >= 0.3 is 0 Å². The van der Waals surface area contributed by atoms with Crippen LogP contribution in [-0.4, -0.2) is 54.7 Å². The van der Waals surface area contributed by atoms with Gasteiger partial charge in [-0.3, -0.25) is 9.59 Å². The number of carbonyl (C=O) groups excluding carboxylic acids is 2. The molecule has 0 N–H and O–H groups in total. The van der Waals surface area contributed by atoms with E-state index in [1.165, 1.54) is 4.90 Å². The molecule has 0 radical (unpaired) electrons. The van der Waals surface area contributed by atoms with E-state index in [9.17, 15) is 9.59 Å². The zero-order chi connectivity index (χ0) is 20.8. The van der Waals surface area contributed by atoms with Gasteiger partial charge < -0.3 is 9.47 Å². The Morgan fingerprint density at radius 2 is 1.50 bits per heavy atom. The molecule has 2 aromatic carbocycles. The van der Waals surface area contributed by atoms with E-state index in [2.05, 4.69) is 10.0 Å². The third-order valence-electron chi connectivity index (χ3n) is 6.27. The number of fused-ring (bicyclic) bond motifs is 3. The molecule has 3 aliphatic heterocycles. The van der Waals surface area contributed by atoms with Gasteiger partial charge in [-0.1, -0.05) is 12.1 Å². The van der Waals surface area contributed by atoms with Gasteiger partial charge in [-0.2, -0.15) is 0 Å². The third-order valence-corrected chi connectivity index (χ3v) is 6.27. The van der Waals surface area contributed by atoms with Crippen LogP contribution in [0.25, 0.3) is 0 Å². The number of benzene rings is 2. The molecular weight excluding hydrogens is 382 g/mol. The monoisotopic (exact) mass is 407 g/mol. The lowest BCUT2D eigenvalue weighted by Gasteiger charge is -2.29. The maximum absolute atomic E-state index is 13.5. The molecule has 0 unspecified atom stereocenters. The summed E-state index contributed by atoms with van der Waals surface area (Å²) in [4.78, 5) is 28.3. The van der Waals surface area contributed by atoms with Gasteiger partial charge in [0.25, 0.3) is 5.91 Å². The molecule has 7 nitrogen and oxygen atoms in total. The maximum Gasteiger partial charge on any atom is 0.253 e. The average molecular weight is 407 g/mol. The standard InChI is InChI=1S/C23H25N3O4/c1-3-30-18-11-7-16(8-12-18)26-22(27)19-20(15-5-9-17(29-2)10-6-15)24-13-4-14-25(24)21(19)23(26)28/h5-12,19-21H,3-4,13-14H2,1-2H3/t19-,20-,21+/m1/s1. The second kappa shape index (κ2) is 7.41. The van der Waals surface area contributed by atoms with Crippen molar-refractivity contribution in [1.82, 2.24) is 10.0 Å². The lowest BCUT2D eigenvalue weighted by molar-refractivity contribution is -0.126. The predicted octanol–water partition coefficient (Wildman–Crippen LogP) is 2.63. The second-order valence-corrected chi connectivity index (χ2v) is 7.81. The fraction of sp³-hybridized carbons (Fsp3) is 0.391. The fourth-order valence-electron chi connectivity index (χ4n) is 5.03. The quantitative estimate of drug-likeness (QED) is 0.710. The summed E-state index contributed by atoms with van der Waals surface area (Å²) in [5.41, 5.74) is 1.63. The minimum absolute atomic E-state index is 0.135. The lowest BCUT2D eigenvalue weighted by atomic mass is 9.90. The normalized spacial score (nSPS) is 26.2. The molecule has 3 heterocycles. The van der Waals surface area contributed by atoms with Crippen molar-refractivity contribution in [3.8, 4) is 11.5 Å². The van der Waals surface area contributed by atoms with Crippen LogP contribution in [0, 0.1) is 5.92 Å². The van der Waals surface area contributed by atoms with Crippen molar-refractivity contribution >= 4 is 17.5 Å². The first-order valence-corrected chi connectivity index (χ1v) is 10.4. The van der Waals surface area contributed by atoms with Crippen LogP contribution in [0.4, 0.5) is 5.69 Å². The van der Waals surface area contributed by atoms with E-state index in [4.69, 9.17) is 9.47 Å². The molecule has 0 spiro atoms. The van der Waals surface area contributed by atoms with E-state index < -0.39 is 12.0 Å². The maximum atomic E-state index is 13.5. The second-order valence-electron chi connectivity index (χ2n) is 7.81. The smallest absolute Gasteiger partial charge is 0.253 e. The van der Waals surface area contributed by atoms with Gasteiger partial charge in [0.2, 0.25) is 5.91 Å². The van der Waals surface area contributed by atoms with Crippen molar-refractivity contribution in [2.24, 2.45) is 5.92 Å². The van der Waals surface area contributed by atoms with Crippen molar-refractivity contribution in [1.29, 1.82) is 0 Å². The van der Waals surface area contributed by atoms with Crippen LogP contribution in [-0.2, 0) is 9.59 Å². The predicted molar refractivity (Wildman–Crippen MR) is 111 cm³/mol. The molecule has 5 rings (SSSR count). The summed E-state index contributed by atoms with van der Waals surface area (Å²) >= 11 is 0. The molecule has 3 aliphatic rings. The Balaban J connectivity index is 1.50. The molecular formula is C23H25N3O4. The summed E-state index contributed by atoms with van der Waals surface area (Å²) in [5, 5.41) is 4.32. The summed E-state index contributed by atoms with van der Waals surface area (Å²) in [6.07, 6.45) is 0.987. The van der Waals surface area contributed by atoms with Gasteiger partial charge in [-0.25, -0.2) is 14.9 Å². The molecule has 0 aliphatic carbocycles. The van der Waals surface area contributed by atoms with Gasteiger partial charge in [-0.05, 0) is 55.3 Å². The van der Waals surface area contributed by atoms with Crippen LogP contribution in [0.3, 0.4) is 0 Å². The van der Waals surface area contributed by atoms with Crippen LogP contribution in [0.15, 0.2) is 48.5 Å². The molecule has 2 amide bonds. The van der Waals surface area contributed by atoms with Crippen LogP contribution >= 0.6 is 0 Å². The van der Waals surface area contributed by atoms with Crippen molar-refractivity contribution in [2.75, 3.05) is 31.7 Å². The number of methoxy groups -OCH3 is 1. The van der Waals surface area contributed by atoms with Crippen LogP contribution in [0.2, 0.25) is 0 Å². The van der Waals surface area contributed by atoms with Gasteiger partial charge in [0, 0.05) is 13.1 Å². The molecule has 0 saturated carbocycles. The van der Waals surface area contributed by atoms with Crippen molar-refractivity contribution < 1.29 is 19.1 Å². The van der Waals surface area contributed by atoms with E-state index in [-0.39, 0.29) is 17.9 Å². The number of hydrogen-bond acceptors (Lipinski definition) is 6. The topological polar surface area (TPSA) is 62.3 Å². The molecule has 2 aromatic rings. The number of hydrazine groups is 1. The SMILES string of the molecule is CCOc1ccc(N2C(=O)[C@H]3[C@@H](C2=O)N2CCCN2[C@@H]3c2ccc(OC)cc2)cc1. The summed E-state index contributed by atoms with van der Waals surface area (Å²) in [5.74, 6) is 0.804. The number of anilines is 1. The molecule has 7 heteroatoms. The number of rotatable bonds is 5. The van der Waals surface area contributed by atoms with Crippen LogP contribution in [0.5, 0.6) is 11.5 Å². The van der Waals surface area contributed by atoms with E-state index in [0.717, 1.165) is 36.6 Å². The minimum Gasteiger partial charge on any atom is -0.497 e. The number of carbonyl (C=O) groups is 2. The molecule has 3 atom stereocenters. The van der Waals surface area contributed by atoms with Gasteiger partial charge in [0.1, 0.15) is 17.5 Å². The van der Waals surface area contributed by atoms with Gasteiger partial charge in [0.05, 0.1) is 31.4 Å². The first-order chi connectivity index (χ1) is 14.6. The number of ether oxygens (including phenoxy) is 2. The Bertz CT molecular complexity index is 959. The molecule has 3 saturated heterocycles. The summed E-state index contributed by atoms with van der Waals surface area (Å²) in [6, 6.07) is 14.4. The molecule has 156 valence electrons. The Morgan fingerprint density at radius 3 is 2.13 bits per heavy atom. The largest absolute Gasteiger partial charge is 0.497 e. The number of hydrogen-bond donors (Lipinski definition) is 0. The van der Waals surface area contributed by atoms with E-state index in [1.807, 2.05) is 31.2 Å².